The zero-order valence-corrected chi connectivity index (χ0v) is 30.4. The van der Waals surface area contributed by atoms with E-state index in [9.17, 15) is 19.2 Å². The van der Waals surface area contributed by atoms with Gasteiger partial charge in [0.25, 0.3) is 11.8 Å². The molecular formula is C41H38N4O5S2. The molecule has 1 aliphatic rings. The van der Waals surface area contributed by atoms with Crippen LogP contribution >= 0.6 is 23.1 Å². The van der Waals surface area contributed by atoms with Gasteiger partial charge >= 0.3 is 5.97 Å². The van der Waals surface area contributed by atoms with Crippen molar-refractivity contribution in [1.29, 1.82) is 0 Å². The average Bonchev–Trinajstić information content (AvgIpc) is 3.53. The number of esters is 1. The van der Waals surface area contributed by atoms with Crippen LogP contribution in [-0.4, -0.2) is 40.5 Å². The number of carbonyl (C=O) groups is 4. The SMILES string of the molecule is CCOC(=O)c1c(NC(=O)C(C)Sc2cccc(NC(=O)/C(=C/c3cccnc3)NC(=O)c3ccccc3)c2)sc2c1CCC(c1ccccc1)C2. The Balaban J connectivity index is 1.15. The van der Waals surface area contributed by atoms with Crippen LogP contribution in [0.2, 0.25) is 0 Å². The van der Waals surface area contributed by atoms with E-state index in [2.05, 4.69) is 33.1 Å². The number of ether oxygens (including phenoxy) is 1. The van der Waals surface area contributed by atoms with Crippen molar-refractivity contribution >= 4 is 63.6 Å². The largest absolute Gasteiger partial charge is 0.462 e. The smallest absolute Gasteiger partial charge is 0.341 e. The Morgan fingerprint density at radius 1 is 0.962 bits per heavy atom. The summed E-state index contributed by atoms with van der Waals surface area (Å²) < 4.78 is 5.43. The van der Waals surface area contributed by atoms with Gasteiger partial charge < -0.3 is 20.7 Å². The van der Waals surface area contributed by atoms with Crippen molar-refractivity contribution in [3.63, 3.8) is 0 Å². The minimum atomic E-state index is -0.539. The van der Waals surface area contributed by atoms with Gasteiger partial charge in [0, 0.05) is 33.4 Å². The van der Waals surface area contributed by atoms with E-state index in [1.807, 2.05) is 30.3 Å². The van der Waals surface area contributed by atoms with Gasteiger partial charge in [0.1, 0.15) is 10.7 Å². The van der Waals surface area contributed by atoms with Crippen LogP contribution in [0.1, 0.15) is 68.5 Å². The van der Waals surface area contributed by atoms with Crippen LogP contribution in [-0.2, 0) is 27.2 Å². The molecule has 0 saturated heterocycles. The highest BCUT2D eigenvalue weighted by Gasteiger charge is 2.31. The Morgan fingerprint density at radius 2 is 1.73 bits per heavy atom. The predicted octanol–water partition coefficient (Wildman–Crippen LogP) is 8.12. The third-order valence-electron chi connectivity index (χ3n) is 8.55. The quantitative estimate of drug-likeness (QED) is 0.0673. The van der Waals surface area contributed by atoms with Crippen molar-refractivity contribution in [2.45, 2.75) is 49.2 Å². The number of carbonyl (C=O) groups excluding carboxylic acids is 4. The average molecular weight is 731 g/mol. The van der Waals surface area contributed by atoms with Crippen LogP contribution < -0.4 is 16.0 Å². The number of rotatable bonds is 12. The van der Waals surface area contributed by atoms with Gasteiger partial charge in [-0.1, -0.05) is 60.7 Å². The van der Waals surface area contributed by atoms with Crippen LogP contribution in [0, 0.1) is 0 Å². The molecule has 0 bridgehead atoms. The molecule has 0 fully saturated rings. The summed E-state index contributed by atoms with van der Waals surface area (Å²) in [4.78, 5) is 59.2. The molecule has 11 heteroatoms. The molecule has 0 radical (unpaired) electrons. The van der Waals surface area contributed by atoms with E-state index in [0.29, 0.717) is 33.3 Å². The number of thioether (sulfide) groups is 1. The number of nitrogens with zero attached hydrogens (tertiary/aromatic N) is 1. The van der Waals surface area contributed by atoms with Crippen molar-refractivity contribution < 1.29 is 23.9 Å². The van der Waals surface area contributed by atoms with E-state index >= 15 is 0 Å². The highest BCUT2D eigenvalue weighted by molar-refractivity contribution is 8.00. The van der Waals surface area contributed by atoms with Crippen molar-refractivity contribution in [2.24, 2.45) is 0 Å². The van der Waals surface area contributed by atoms with Gasteiger partial charge in [-0.15, -0.1) is 23.1 Å². The standard InChI is InChI=1S/C41H38N4O5S2/c1-3-50-41(49)36-33-20-19-30(28-13-6-4-7-14-28)23-35(33)52-40(36)45-37(46)26(2)51-32-18-10-17-31(24-32)43-39(48)34(22-27-12-11-21-42-25-27)44-38(47)29-15-8-5-9-16-29/h4-18,21-22,24-26,30H,3,19-20,23H2,1-2H3,(H,43,48)(H,44,47)(H,45,46)/b34-22-. The first kappa shape index (κ1) is 36.3. The maximum absolute atomic E-state index is 13.6. The zero-order valence-electron chi connectivity index (χ0n) is 28.8. The highest BCUT2D eigenvalue weighted by atomic mass is 32.2. The topological polar surface area (TPSA) is 126 Å². The van der Waals surface area contributed by atoms with Crippen molar-refractivity contribution in [3.05, 3.63) is 148 Å². The summed E-state index contributed by atoms with van der Waals surface area (Å²) >= 11 is 2.77. The molecule has 52 heavy (non-hydrogen) atoms. The molecule has 264 valence electrons. The van der Waals surface area contributed by atoms with Crippen molar-refractivity contribution in [2.75, 3.05) is 17.2 Å². The molecule has 0 aliphatic heterocycles. The van der Waals surface area contributed by atoms with E-state index < -0.39 is 23.0 Å². The first-order valence-electron chi connectivity index (χ1n) is 17.0. The number of anilines is 2. The first-order valence-corrected chi connectivity index (χ1v) is 18.7. The molecule has 0 spiro atoms. The monoisotopic (exact) mass is 730 g/mol. The predicted molar refractivity (Wildman–Crippen MR) is 207 cm³/mol. The lowest BCUT2D eigenvalue weighted by Crippen LogP contribution is -2.30. The summed E-state index contributed by atoms with van der Waals surface area (Å²) in [6, 6.07) is 29.7. The minimum absolute atomic E-state index is 0.0405. The van der Waals surface area contributed by atoms with Crippen LogP contribution in [0.4, 0.5) is 10.7 Å². The minimum Gasteiger partial charge on any atom is -0.462 e. The lowest BCUT2D eigenvalue weighted by Gasteiger charge is -2.23. The maximum Gasteiger partial charge on any atom is 0.341 e. The Bertz CT molecular complexity index is 2080. The van der Waals surface area contributed by atoms with Gasteiger partial charge in [-0.25, -0.2) is 4.79 Å². The third kappa shape index (κ3) is 9.03. The molecule has 2 aromatic heterocycles. The van der Waals surface area contributed by atoms with E-state index in [4.69, 9.17) is 4.74 Å². The second-order valence-electron chi connectivity index (χ2n) is 12.2. The molecule has 3 amide bonds. The molecule has 2 atom stereocenters. The second kappa shape index (κ2) is 17.1. The molecule has 9 nitrogen and oxygen atoms in total. The summed E-state index contributed by atoms with van der Waals surface area (Å²) in [5.41, 5.74) is 4.26. The number of benzene rings is 3. The van der Waals surface area contributed by atoms with E-state index in [1.165, 1.54) is 28.7 Å². The fraction of sp³-hybridized carbons (Fsp3) is 0.195. The van der Waals surface area contributed by atoms with Crippen molar-refractivity contribution in [1.82, 2.24) is 10.3 Å². The number of nitrogens with one attached hydrogen (secondary N) is 3. The summed E-state index contributed by atoms with van der Waals surface area (Å²) in [6.45, 7) is 3.80. The molecule has 2 unspecified atom stereocenters. The van der Waals surface area contributed by atoms with Gasteiger partial charge in [0.2, 0.25) is 5.91 Å². The number of pyridine rings is 1. The normalized spacial score (nSPS) is 14.4. The van der Waals surface area contributed by atoms with Crippen LogP contribution in [0.15, 0.2) is 120 Å². The van der Waals surface area contributed by atoms with Crippen LogP contribution in [0.3, 0.4) is 0 Å². The number of amides is 3. The molecule has 6 rings (SSSR count). The molecule has 3 N–H and O–H groups in total. The lowest BCUT2D eigenvalue weighted by atomic mass is 9.83. The molecule has 0 saturated carbocycles. The molecule has 5 aromatic rings. The van der Waals surface area contributed by atoms with E-state index in [-0.39, 0.29) is 18.2 Å². The molecule has 2 heterocycles. The number of thiophene rings is 1. The Morgan fingerprint density at radius 3 is 2.46 bits per heavy atom. The van der Waals surface area contributed by atoms with Gasteiger partial charge in [-0.2, -0.15) is 0 Å². The van der Waals surface area contributed by atoms with Crippen molar-refractivity contribution in [3.8, 4) is 0 Å². The maximum atomic E-state index is 13.6. The number of aromatic nitrogens is 1. The third-order valence-corrected chi connectivity index (χ3v) is 10.8. The summed E-state index contributed by atoms with van der Waals surface area (Å²) in [5.74, 6) is -1.29. The zero-order chi connectivity index (χ0) is 36.5. The van der Waals surface area contributed by atoms with E-state index in [1.54, 1.807) is 86.9 Å². The van der Waals surface area contributed by atoms with Gasteiger partial charge in [0.05, 0.1) is 17.4 Å². The molecule has 3 aromatic carbocycles. The fourth-order valence-corrected chi connectivity index (χ4v) is 8.23. The second-order valence-corrected chi connectivity index (χ2v) is 14.7. The summed E-state index contributed by atoms with van der Waals surface area (Å²) in [7, 11) is 0. The summed E-state index contributed by atoms with van der Waals surface area (Å²) in [5, 5.41) is 8.61. The van der Waals surface area contributed by atoms with Gasteiger partial charge in [-0.05, 0) is 98.2 Å². The van der Waals surface area contributed by atoms with Gasteiger partial charge in [-0.3, -0.25) is 19.4 Å². The van der Waals surface area contributed by atoms with E-state index in [0.717, 1.165) is 34.6 Å². The lowest BCUT2D eigenvalue weighted by molar-refractivity contribution is -0.115. The number of hydrogen-bond acceptors (Lipinski definition) is 8. The van der Waals surface area contributed by atoms with Crippen LogP contribution in [0.25, 0.3) is 6.08 Å². The molecular weight excluding hydrogens is 693 g/mol. The summed E-state index contributed by atoms with van der Waals surface area (Å²) in [6.07, 6.45) is 7.21. The number of hydrogen-bond donors (Lipinski definition) is 3. The van der Waals surface area contributed by atoms with Crippen LogP contribution in [0.5, 0.6) is 0 Å². The number of fused-ring (bicyclic) bond motifs is 1. The van der Waals surface area contributed by atoms with Gasteiger partial charge in [0.15, 0.2) is 0 Å². The Hall–Kier alpha value is -5.52. The highest BCUT2D eigenvalue weighted by Crippen LogP contribution is 2.43. The molecule has 1 aliphatic carbocycles. The first-order chi connectivity index (χ1) is 25.3. The Kier molecular flexibility index (Phi) is 11.9. The Labute approximate surface area is 310 Å². The fourth-order valence-electron chi connectivity index (χ4n) is 5.99.